The predicted molar refractivity (Wildman–Crippen MR) is 72.1 cm³/mol. The molecule has 17 heavy (non-hydrogen) atoms. The van der Waals surface area contributed by atoms with Crippen LogP contribution in [-0.4, -0.2) is 35.7 Å². The molecule has 0 aromatic heterocycles. The van der Waals surface area contributed by atoms with E-state index in [-0.39, 0.29) is 5.56 Å². The molecule has 2 rings (SSSR count). The van der Waals surface area contributed by atoms with Crippen LogP contribution in [0.4, 0.5) is 11.4 Å². The number of carboxylic acids is 1. The minimum Gasteiger partial charge on any atom is -0.478 e. The van der Waals surface area contributed by atoms with E-state index < -0.39 is 5.97 Å². The van der Waals surface area contributed by atoms with E-state index in [0.29, 0.717) is 5.69 Å². The Balaban J connectivity index is 2.37. The van der Waals surface area contributed by atoms with E-state index in [9.17, 15) is 4.79 Å². The molecular formula is C12H16N2O2S. The van der Waals surface area contributed by atoms with Crippen LogP contribution in [0.15, 0.2) is 12.1 Å². The van der Waals surface area contributed by atoms with E-state index in [2.05, 4.69) is 4.90 Å². The van der Waals surface area contributed by atoms with Crippen molar-refractivity contribution in [3.05, 3.63) is 23.3 Å². The van der Waals surface area contributed by atoms with Gasteiger partial charge in [0, 0.05) is 36.0 Å². The van der Waals surface area contributed by atoms with Crippen molar-refractivity contribution >= 4 is 29.1 Å². The van der Waals surface area contributed by atoms with E-state index in [1.165, 1.54) is 0 Å². The van der Waals surface area contributed by atoms with Gasteiger partial charge in [-0.2, -0.15) is 11.8 Å². The van der Waals surface area contributed by atoms with Gasteiger partial charge in [0.15, 0.2) is 0 Å². The van der Waals surface area contributed by atoms with Gasteiger partial charge in [0.05, 0.1) is 5.56 Å². The lowest BCUT2D eigenvalue weighted by Crippen LogP contribution is -2.32. The van der Waals surface area contributed by atoms with Crippen LogP contribution in [0, 0.1) is 6.92 Å². The molecule has 1 saturated heterocycles. The highest BCUT2D eigenvalue weighted by Gasteiger charge is 2.16. The molecule has 0 amide bonds. The average molecular weight is 252 g/mol. The first kappa shape index (κ1) is 12.1. The second-order valence-electron chi connectivity index (χ2n) is 4.13. The van der Waals surface area contributed by atoms with Crippen molar-refractivity contribution in [2.24, 2.45) is 0 Å². The number of hydrogen-bond acceptors (Lipinski definition) is 4. The molecule has 0 atom stereocenters. The molecule has 5 heteroatoms. The van der Waals surface area contributed by atoms with Crippen molar-refractivity contribution in [3.63, 3.8) is 0 Å². The normalized spacial score (nSPS) is 15.9. The van der Waals surface area contributed by atoms with E-state index in [1.54, 1.807) is 6.07 Å². The Morgan fingerprint density at radius 2 is 2.06 bits per heavy atom. The van der Waals surface area contributed by atoms with Gasteiger partial charge in [-0.05, 0) is 24.6 Å². The number of thioether (sulfide) groups is 1. The number of carboxylic acid groups (broad SMARTS) is 1. The molecule has 0 radical (unpaired) electrons. The van der Waals surface area contributed by atoms with Gasteiger partial charge in [0.2, 0.25) is 0 Å². The molecule has 1 aromatic carbocycles. The summed E-state index contributed by atoms with van der Waals surface area (Å²) in [7, 11) is 0. The number of nitrogens with two attached hydrogens (primary N) is 1. The molecule has 1 aliphatic rings. The minimum atomic E-state index is -0.959. The molecule has 1 fully saturated rings. The fourth-order valence-electron chi connectivity index (χ4n) is 1.96. The summed E-state index contributed by atoms with van der Waals surface area (Å²) in [4.78, 5) is 13.3. The number of anilines is 2. The van der Waals surface area contributed by atoms with E-state index >= 15 is 0 Å². The van der Waals surface area contributed by atoms with Gasteiger partial charge >= 0.3 is 5.97 Å². The van der Waals surface area contributed by atoms with Crippen LogP contribution in [0.25, 0.3) is 0 Å². The lowest BCUT2D eigenvalue weighted by Gasteiger charge is -2.29. The molecule has 0 unspecified atom stereocenters. The third kappa shape index (κ3) is 2.49. The molecule has 0 saturated carbocycles. The Kier molecular flexibility index (Phi) is 3.47. The second-order valence-corrected chi connectivity index (χ2v) is 5.35. The maximum Gasteiger partial charge on any atom is 0.337 e. The monoisotopic (exact) mass is 252 g/mol. The Morgan fingerprint density at radius 1 is 1.41 bits per heavy atom. The maximum atomic E-state index is 11.1. The van der Waals surface area contributed by atoms with Crippen molar-refractivity contribution in [1.29, 1.82) is 0 Å². The smallest absolute Gasteiger partial charge is 0.337 e. The third-order valence-electron chi connectivity index (χ3n) is 2.98. The van der Waals surface area contributed by atoms with Gasteiger partial charge in [-0.15, -0.1) is 0 Å². The Bertz CT molecular complexity index is 442. The summed E-state index contributed by atoms with van der Waals surface area (Å²) in [5.74, 6) is 1.22. The number of aromatic carboxylic acids is 1. The predicted octanol–water partition coefficient (Wildman–Crippen LogP) is 1.83. The van der Waals surface area contributed by atoms with E-state index in [0.717, 1.165) is 35.8 Å². The zero-order chi connectivity index (χ0) is 12.4. The lowest BCUT2D eigenvalue weighted by molar-refractivity contribution is 0.0698. The van der Waals surface area contributed by atoms with Crippen molar-refractivity contribution in [1.82, 2.24) is 0 Å². The van der Waals surface area contributed by atoms with Gasteiger partial charge in [0.25, 0.3) is 0 Å². The molecule has 3 N–H and O–H groups in total. The Morgan fingerprint density at radius 3 is 2.65 bits per heavy atom. The van der Waals surface area contributed by atoms with E-state index in [4.69, 9.17) is 10.8 Å². The maximum absolute atomic E-state index is 11.1. The lowest BCUT2D eigenvalue weighted by atomic mass is 10.1. The molecule has 1 aromatic rings. The molecule has 1 aliphatic heterocycles. The van der Waals surface area contributed by atoms with Gasteiger partial charge in [-0.25, -0.2) is 4.79 Å². The number of nitrogens with zero attached hydrogens (tertiary/aromatic N) is 1. The van der Waals surface area contributed by atoms with Crippen LogP contribution in [0.5, 0.6) is 0 Å². The van der Waals surface area contributed by atoms with Gasteiger partial charge in [-0.3, -0.25) is 0 Å². The van der Waals surface area contributed by atoms with Crippen LogP contribution >= 0.6 is 11.8 Å². The summed E-state index contributed by atoms with van der Waals surface area (Å²) in [6, 6.07) is 3.65. The fourth-order valence-corrected chi connectivity index (χ4v) is 2.86. The Hall–Kier alpha value is -1.36. The van der Waals surface area contributed by atoms with Crippen LogP contribution in [0.2, 0.25) is 0 Å². The van der Waals surface area contributed by atoms with Crippen molar-refractivity contribution < 1.29 is 9.90 Å². The van der Waals surface area contributed by atoms with Gasteiger partial charge in [-0.1, -0.05) is 0 Å². The number of nitrogen functional groups attached to an aromatic ring is 1. The molecule has 4 nitrogen and oxygen atoms in total. The zero-order valence-electron chi connectivity index (χ0n) is 9.77. The standard InChI is InChI=1S/C12H16N2O2S/c1-8-6-9(14-2-4-17-5-3-14)7-10(11(8)13)12(15)16/h6-7H,2-5,13H2,1H3,(H,15,16). The highest BCUT2D eigenvalue weighted by Crippen LogP contribution is 2.27. The summed E-state index contributed by atoms with van der Waals surface area (Å²) in [6.45, 7) is 3.78. The number of rotatable bonds is 2. The SMILES string of the molecule is Cc1cc(N2CCSCC2)cc(C(=O)O)c1N. The zero-order valence-corrected chi connectivity index (χ0v) is 10.6. The van der Waals surface area contributed by atoms with Crippen molar-refractivity contribution in [2.45, 2.75) is 6.92 Å². The highest BCUT2D eigenvalue weighted by molar-refractivity contribution is 7.99. The molecule has 92 valence electrons. The van der Waals surface area contributed by atoms with Crippen LogP contribution < -0.4 is 10.6 Å². The molecule has 0 aliphatic carbocycles. The molecule has 1 heterocycles. The number of carbonyl (C=O) groups is 1. The first-order chi connectivity index (χ1) is 8.09. The summed E-state index contributed by atoms with van der Waals surface area (Å²) in [6.07, 6.45) is 0. The summed E-state index contributed by atoms with van der Waals surface area (Å²) in [5.41, 5.74) is 8.15. The van der Waals surface area contributed by atoms with Crippen molar-refractivity contribution in [2.75, 3.05) is 35.2 Å². The average Bonchev–Trinajstić information content (AvgIpc) is 2.33. The number of aryl methyl sites for hydroxylation is 1. The van der Waals surface area contributed by atoms with Crippen LogP contribution in [-0.2, 0) is 0 Å². The van der Waals surface area contributed by atoms with Gasteiger partial charge in [0.1, 0.15) is 0 Å². The fraction of sp³-hybridized carbons (Fsp3) is 0.417. The molecule has 0 bridgehead atoms. The van der Waals surface area contributed by atoms with E-state index in [1.807, 2.05) is 24.8 Å². The number of benzene rings is 1. The first-order valence-electron chi connectivity index (χ1n) is 5.55. The summed E-state index contributed by atoms with van der Waals surface area (Å²) < 4.78 is 0. The summed E-state index contributed by atoms with van der Waals surface area (Å²) in [5, 5.41) is 9.11. The number of hydrogen-bond donors (Lipinski definition) is 2. The van der Waals surface area contributed by atoms with Crippen LogP contribution in [0.3, 0.4) is 0 Å². The van der Waals surface area contributed by atoms with Gasteiger partial charge < -0.3 is 15.7 Å². The summed E-state index contributed by atoms with van der Waals surface area (Å²) >= 11 is 1.93. The highest BCUT2D eigenvalue weighted by atomic mass is 32.2. The first-order valence-corrected chi connectivity index (χ1v) is 6.71. The quantitative estimate of drug-likeness (QED) is 0.786. The Labute approximate surface area is 105 Å². The minimum absolute atomic E-state index is 0.207. The van der Waals surface area contributed by atoms with Crippen molar-refractivity contribution in [3.8, 4) is 0 Å². The molecule has 0 spiro atoms. The topological polar surface area (TPSA) is 66.6 Å². The molecular weight excluding hydrogens is 236 g/mol. The third-order valence-corrected chi connectivity index (χ3v) is 3.92. The van der Waals surface area contributed by atoms with Crippen LogP contribution in [0.1, 0.15) is 15.9 Å². The largest absolute Gasteiger partial charge is 0.478 e. The second kappa shape index (κ2) is 4.87.